The second-order valence-corrected chi connectivity index (χ2v) is 36.0. The third-order valence-corrected chi connectivity index (χ3v) is 26.8. The molecule has 5 aromatic heterocycles. The van der Waals surface area contributed by atoms with E-state index in [-0.39, 0.29) is 5.41 Å². The highest BCUT2D eigenvalue weighted by Crippen LogP contribution is 2.57. The first kappa shape index (κ1) is 84.3. The molecule has 0 saturated carbocycles. The second kappa shape index (κ2) is 48.2. The average molecular weight is 1490 g/mol. The van der Waals surface area contributed by atoms with Crippen molar-refractivity contribution in [2.75, 3.05) is 19.8 Å². The standard InChI is InChI=1S/C65H92N2O2S3.C28H46OS2/c1-7-11-15-19-23-25-29-33-43-68-58-46-50(6)70-63(58)54-39-40-55(62-61(54)66-72-67-62)64-59(69-44-34-30-26-24-20-16-12-8-2)48-60(71-64)51-36-38-53-52-37-35-49(5)45-56(52)65(57(53)47-51,41-31-27-21-17-13-9-3)42-32-28-22-18-14-10-4;1-5-7-9-11-13-14-16-18-20-29-26-22-27(31-24(26)4)28-25(21-23(3)30-28)19-17-15-12-10-8-6-2/h35-40,45-48H,7-34,41-44H2,1-6H3;21-22H,5-20H2,1-4H3. The second-order valence-electron chi connectivity index (χ2n) is 30.6. The van der Waals surface area contributed by atoms with E-state index >= 15 is 0 Å². The van der Waals surface area contributed by atoms with E-state index in [1.807, 2.05) is 45.3 Å². The van der Waals surface area contributed by atoms with Crippen LogP contribution < -0.4 is 14.2 Å². The van der Waals surface area contributed by atoms with Crippen LogP contribution >= 0.6 is 57.1 Å². The van der Waals surface area contributed by atoms with Gasteiger partial charge in [-0.15, -0.1) is 45.3 Å². The summed E-state index contributed by atoms with van der Waals surface area (Å²) in [4.78, 5) is 10.5. The summed E-state index contributed by atoms with van der Waals surface area (Å²) in [6.45, 7) is 25.1. The molecule has 8 aromatic rings. The summed E-state index contributed by atoms with van der Waals surface area (Å²) in [6, 6.07) is 28.7. The molecule has 0 aliphatic heterocycles. The SMILES string of the molecule is CCCCCCCCCCOc1cc(-c2sc(C)cc2CCCCCCCC)sc1C.CCCCCCCCCCOc1cc(C)sc1-c1ccc(-c2sc(-c3ccc4c(c3)C(CCCCCCCC)(CCCCCCCC)c3cc(C)ccc3-4)cc2OCCCCCCCCCC)c2nsnc12. The van der Waals surface area contributed by atoms with Crippen molar-refractivity contribution in [1.82, 2.24) is 8.75 Å². The first-order valence-corrected chi connectivity index (χ1v) is 46.4. The van der Waals surface area contributed by atoms with Crippen LogP contribution in [0.1, 0.15) is 361 Å². The number of hydrogen-bond acceptors (Lipinski definition) is 10. The Morgan fingerprint density at radius 2 is 0.699 bits per heavy atom. The summed E-state index contributed by atoms with van der Waals surface area (Å²) in [5.41, 5.74) is 14.5. The quantitative estimate of drug-likeness (QED) is 0.0356. The van der Waals surface area contributed by atoms with Crippen molar-refractivity contribution in [3.05, 3.63) is 110 Å². The van der Waals surface area contributed by atoms with E-state index in [1.54, 1.807) is 16.7 Å². The highest BCUT2D eigenvalue weighted by molar-refractivity contribution is 7.22. The number of fused-ring (bicyclic) bond motifs is 4. The topological polar surface area (TPSA) is 53.5 Å². The third kappa shape index (κ3) is 26.5. The molecule has 0 bridgehead atoms. The molecule has 103 heavy (non-hydrogen) atoms. The van der Waals surface area contributed by atoms with Gasteiger partial charge in [0.25, 0.3) is 0 Å². The minimum Gasteiger partial charge on any atom is -0.492 e. The van der Waals surface area contributed by atoms with Gasteiger partial charge in [-0.1, -0.05) is 334 Å². The number of benzene rings is 3. The summed E-state index contributed by atoms with van der Waals surface area (Å²) in [5, 5.41) is 0. The van der Waals surface area contributed by atoms with E-state index < -0.39 is 0 Å². The van der Waals surface area contributed by atoms with Crippen LogP contribution in [0.25, 0.3) is 63.2 Å². The zero-order valence-corrected chi connectivity index (χ0v) is 70.6. The molecule has 568 valence electrons. The number of ether oxygens (including phenoxy) is 3. The first-order valence-electron chi connectivity index (χ1n) is 42.4. The molecule has 9 rings (SSSR count). The van der Waals surface area contributed by atoms with Gasteiger partial charge < -0.3 is 14.2 Å². The number of unbranched alkanes of at least 4 members (excludes halogenated alkanes) is 36. The molecule has 5 nitrogen and oxygen atoms in total. The molecule has 3 aromatic carbocycles. The first-order chi connectivity index (χ1) is 50.6. The number of aryl methyl sites for hydroxylation is 5. The minimum absolute atomic E-state index is 0.0308. The molecular formula is C93H138N2O3S5. The molecule has 5 heterocycles. The minimum atomic E-state index is 0.0308. The Balaban J connectivity index is 0.000000362. The average Bonchev–Trinajstić information content (AvgIpc) is 1.57. The molecule has 0 spiro atoms. The van der Waals surface area contributed by atoms with Gasteiger partial charge in [-0.25, -0.2) is 0 Å². The van der Waals surface area contributed by atoms with Gasteiger partial charge >= 0.3 is 0 Å². The van der Waals surface area contributed by atoms with Crippen LogP contribution in [-0.2, 0) is 11.8 Å². The number of thiophene rings is 4. The van der Waals surface area contributed by atoms with Gasteiger partial charge in [0.2, 0.25) is 0 Å². The normalized spacial score (nSPS) is 12.4. The van der Waals surface area contributed by atoms with Crippen molar-refractivity contribution < 1.29 is 14.2 Å². The van der Waals surface area contributed by atoms with E-state index in [1.165, 1.54) is 339 Å². The Morgan fingerprint density at radius 1 is 0.320 bits per heavy atom. The van der Waals surface area contributed by atoms with Crippen molar-refractivity contribution in [2.45, 2.75) is 364 Å². The Kier molecular flexibility index (Phi) is 39.4. The largest absolute Gasteiger partial charge is 0.492 e. The van der Waals surface area contributed by atoms with Gasteiger partial charge in [0, 0.05) is 45.8 Å². The lowest BCUT2D eigenvalue weighted by Crippen LogP contribution is -2.25. The lowest BCUT2D eigenvalue weighted by molar-refractivity contribution is 0.304. The maximum absolute atomic E-state index is 6.93. The van der Waals surface area contributed by atoms with Crippen LogP contribution in [0.15, 0.2) is 72.8 Å². The van der Waals surface area contributed by atoms with Crippen LogP contribution in [-0.4, -0.2) is 28.6 Å². The highest BCUT2D eigenvalue weighted by atomic mass is 32.1. The van der Waals surface area contributed by atoms with E-state index in [0.717, 1.165) is 81.8 Å². The van der Waals surface area contributed by atoms with Gasteiger partial charge in [0.15, 0.2) is 0 Å². The molecule has 0 fully saturated rings. The Morgan fingerprint density at radius 3 is 1.19 bits per heavy atom. The lowest BCUT2D eigenvalue weighted by Gasteiger charge is -2.33. The summed E-state index contributed by atoms with van der Waals surface area (Å²) in [7, 11) is 0. The fraction of sp³-hybridized carbons (Fsp3) is 0.634. The van der Waals surface area contributed by atoms with E-state index in [4.69, 9.17) is 23.0 Å². The Hall–Kier alpha value is -4.32. The molecule has 0 saturated heterocycles. The van der Waals surface area contributed by atoms with E-state index in [2.05, 4.69) is 142 Å². The van der Waals surface area contributed by atoms with Crippen molar-refractivity contribution in [1.29, 1.82) is 0 Å². The van der Waals surface area contributed by atoms with Crippen molar-refractivity contribution in [3.63, 3.8) is 0 Å². The maximum Gasteiger partial charge on any atom is 0.138 e. The molecule has 0 atom stereocenters. The zero-order valence-electron chi connectivity index (χ0n) is 66.5. The summed E-state index contributed by atoms with van der Waals surface area (Å²) in [5.74, 6) is 3.07. The van der Waals surface area contributed by atoms with Gasteiger partial charge in [-0.2, -0.15) is 8.75 Å². The number of aromatic nitrogens is 2. The van der Waals surface area contributed by atoms with Gasteiger partial charge in [-0.3, -0.25) is 0 Å². The Bertz CT molecular complexity index is 3600. The number of rotatable bonds is 55. The molecule has 1 aliphatic carbocycles. The molecule has 1 aliphatic rings. The fourth-order valence-corrected chi connectivity index (χ4v) is 20.5. The summed E-state index contributed by atoms with van der Waals surface area (Å²) < 4.78 is 29.8. The van der Waals surface area contributed by atoms with Crippen molar-refractivity contribution in [2.24, 2.45) is 0 Å². The van der Waals surface area contributed by atoms with Crippen molar-refractivity contribution >= 4 is 68.1 Å². The smallest absolute Gasteiger partial charge is 0.138 e. The molecular weight excluding hydrogens is 1350 g/mol. The van der Waals surface area contributed by atoms with Gasteiger partial charge in [-0.05, 0) is 136 Å². The molecule has 0 radical (unpaired) electrons. The predicted octanol–water partition coefficient (Wildman–Crippen LogP) is 32.8. The zero-order chi connectivity index (χ0) is 72.7. The van der Waals surface area contributed by atoms with Crippen LogP contribution in [0.2, 0.25) is 0 Å². The molecule has 10 heteroatoms. The molecule has 0 amide bonds. The van der Waals surface area contributed by atoms with E-state index in [0.29, 0.717) is 0 Å². The van der Waals surface area contributed by atoms with Crippen molar-refractivity contribution in [3.8, 4) is 69.5 Å². The Labute approximate surface area is 648 Å². The summed E-state index contributed by atoms with van der Waals surface area (Å²) in [6.07, 6.45) is 59.1. The maximum atomic E-state index is 6.93. The van der Waals surface area contributed by atoms with E-state index in [9.17, 15) is 0 Å². The molecule has 0 N–H and O–H groups in total. The fourth-order valence-electron chi connectivity index (χ4n) is 15.7. The van der Waals surface area contributed by atoms with Crippen LogP contribution in [0.3, 0.4) is 0 Å². The highest BCUT2D eigenvalue weighted by Gasteiger charge is 2.43. The number of hydrogen-bond donors (Lipinski definition) is 0. The monoisotopic (exact) mass is 1490 g/mol. The predicted molar refractivity (Wildman–Crippen MR) is 460 cm³/mol. The third-order valence-electron chi connectivity index (χ3n) is 21.7. The van der Waals surface area contributed by atoms with Gasteiger partial charge in [0.05, 0.1) is 41.3 Å². The lowest BCUT2D eigenvalue weighted by atomic mass is 9.70. The van der Waals surface area contributed by atoms with Crippen LogP contribution in [0.4, 0.5) is 0 Å². The summed E-state index contributed by atoms with van der Waals surface area (Å²) >= 11 is 8.87. The molecule has 0 unspecified atom stereocenters. The van der Waals surface area contributed by atoms with Gasteiger partial charge in [0.1, 0.15) is 28.3 Å². The number of nitrogens with zero attached hydrogens (tertiary/aromatic N) is 2. The van der Waals surface area contributed by atoms with Crippen LogP contribution in [0.5, 0.6) is 17.2 Å². The van der Waals surface area contributed by atoms with Crippen LogP contribution in [0, 0.1) is 27.7 Å².